The van der Waals surface area contributed by atoms with E-state index < -0.39 is 13.9 Å². The van der Waals surface area contributed by atoms with Crippen LogP contribution in [0, 0.1) is 0 Å². The van der Waals surface area contributed by atoms with Crippen LogP contribution in [0.2, 0.25) is 0 Å². The second-order valence-electron chi connectivity index (χ2n) is 6.61. The summed E-state index contributed by atoms with van der Waals surface area (Å²) >= 11 is 0. The Morgan fingerprint density at radius 3 is 2.38 bits per heavy atom. The number of hydrogen-bond donors (Lipinski definition) is 1. The van der Waals surface area contributed by atoms with Crippen LogP contribution in [-0.4, -0.2) is 76.1 Å². The molecule has 0 saturated carbocycles. The molecule has 0 amide bonds. The summed E-state index contributed by atoms with van der Waals surface area (Å²) in [7, 11) is 3.11. The van der Waals surface area contributed by atoms with E-state index in [4.69, 9.17) is 18.5 Å². The largest absolute Gasteiger partial charge is 0.472 e. The van der Waals surface area contributed by atoms with Gasteiger partial charge in [-0.3, -0.25) is 13.8 Å². The summed E-state index contributed by atoms with van der Waals surface area (Å²) in [5, 5.41) is 0. The predicted molar refractivity (Wildman–Crippen MR) is 90.5 cm³/mol. The van der Waals surface area contributed by atoms with Gasteiger partial charge in [-0.25, -0.2) is 4.57 Å². The first-order valence-corrected chi connectivity index (χ1v) is 9.70. The van der Waals surface area contributed by atoms with Gasteiger partial charge in [0.2, 0.25) is 0 Å². The highest BCUT2D eigenvalue weighted by molar-refractivity contribution is 7.47. The summed E-state index contributed by atoms with van der Waals surface area (Å²) in [6.07, 6.45) is 2.53. The van der Waals surface area contributed by atoms with Gasteiger partial charge in [-0.2, -0.15) is 0 Å². The fourth-order valence-corrected chi connectivity index (χ4v) is 2.35. The molecule has 8 nitrogen and oxygen atoms in total. The molecule has 0 spiro atoms. The number of nitrogens with zero attached hydrogens (tertiary/aromatic N) is 1. The van der Waals surface area contributed by atoms with Crippen LogP contribution in [0.3, 0.4) is 0 Å². The number of carbonyl (C=O) groups is 1. The number of esters is 1. The third kappa shape index (κ3) is 13.9. The Balaban J connectivity index is 4.05. The molecular weight excluding hydrogens is 337 g/mol. The van der Waals surface area contributed by atoms with E-state index in [2.05, 4.69) is 6.92 Å². The lowest BCUT2D eigenvalue weighted by Gasteiger charge is -2.24. The zero-order valence-corrected chi connectivity index (χ0v) is 16.4. The molecule has 0 aromatic heterocycles. The van der Waals surface area contributed by atoms with Gasteiger partial charge >= 0.3 is 13.8 Å². The van der Waals surface area contributed by atoms with Gasteiger partial charge in [-0.1, -0.05) is 19.8 Å². The average Bonchev–Trinajstić information content (AvgIpc) is 2.46. The molecule has 24 heavy (non-hydrogen) atoms. The topological polar surface area (TPSA) is 91.3 Å². The molecule has 0 rings (SSSR count). The molecule has 144 valence electrons. The number of phosphoric ester groups is 1. The summed E-state index contributed by atoms with van der Waals surface area (Å²) < 4.78 is 32.3. The molecule has 0 saturated heterocycles. The third-order valence-corrected chi connectivity index (χ3v) is 4.17. The van der Waals surface area contributed by atoms with Crippen molar-refractivity contribution in [3.05, 3.63) is 0 Å². The molecule has 1 N–H and O–H groups in total. The van der Waals surface area contributed by atoms with Gasteiger partial charge in [0.05, 0.1) is 27.7 Å². The number of hydrogen-bond acceptors (Lipinski definition) is 6. The fourth-order valence-electron chi connectivity index (χ4n) is 1.61. The number of rotatable bonds is 14. The first kappa shape index (κ1) is 23.5. The molecule has 0 bridgehead atoms. The van der Waals surface area contributed by atoms with E-state index in [0.29, 0.717) is 17.4 Å². The smallest absolute Gasteiger partial charge is 0.463 e. The summed E-state index contributed by atoms with van der Waals surface area (Å²) in [6.45, 7) is 2.49. The van der Waals surface area contributed by atoms with E-state index in [-0.39, 0.29) is 25.8 Å². The Labute approximate surface area is 145 Å². The van der Waals surface area contributed by atoms with Gasteiger partial charge < -0.3 is 18.9 Å². The second kappa shape index (κ2) is 12.0. The molecule has 0 aromatic rings. The van der Waals surface area contributed by atoms with E-state index in [9.17, 15) is 14.3 Å². The lowest BCUT2D eigenvalue weighted by molar-refractivity contribution is -0.870. The number of ether oxygens (including phenoxy) is 2. The fraction of sp³-hybridized carbons (Fsp3) is 0.933. The quantitative estimate of drug-likeness (QED) is 0.216. The van der Waals surface area contributed by atoms with E-state index >= 15 is 0 Å². The molecule has 0 aliphatic rings. The molecule has 0 heterocycles. The Morgan fingerprint density at radius 1 is 1.17 bits per heavy atom. The van der Waals surface area contributed by atoms with E-state index in [1.807, 2.05) is 21.1 Å². The van der Waals surface area contributed by atoms with Gasteiger partial charge in [0.25, 0.3) is 0 Å². The third-order valence-electron chi connectivity index (χ3n) is 3.19. The number of phosphoric acid groups is 1. The Kier molecular flexibility index (Phi) is 11.7. The molecule has 0 aromatic carbocycles. The summed E-state index contributed by atoms with van der Waals surface area (Å²) in [5.41, 5.74) is 0. The number of quaternary nitrogens is 1. The van der Waals surface area contributed by atoms with Crippen molar-refractivity contribution in [3.63, 3.8) is 0 Å². The van der Waals surface area contributed by atoms with E-state index in [1.54, 1.807) is 0 Å². The van der Waals surface area contributed by atoms with Crippen LogP contribution in [0.4, 0.5) is 0 Å². The van der Waals surface area contributed by atoms with Crippen LogP contribution in [0.25, 0.3) is 0 Å². The van der Waals surface area contributed by atoms with E-state index in [0.717, 1.165) is 19.3 Å². The molecule has 2 unspecified atom stereocenters. The maximum atomic E-state index is 11.8. The van der Waals surface area contributed by atoms with Crippen LogP contribution >= 0.6 is 7.82 Å². The highest BCUT2D eigenvalue weighted by Gasteiger charge is 2.25. The number of unbranched alkanes of at least 4 members (excludes halogenated alkanes) is 2. The van der Waals surface area contributed by atoms with Gasteiger partial charge in [-0.05, 0) is 6.42 Å². The van der Waals surface area contributed by atoms with Crippen molar-refractivity contribution in [3.8, 4) is 0 Å². The monoisotopic (exact) mass is 370 g/mol. The minimum atomic E-state index is -4.15. The first-order valence-electron chi connectivity index (χ1n) is 8.20. The van der Waals surface area contributed by atoms with Crippen molar-refractivity contribution in [1.29, 1.82) is 0 Å². The minimum absolute atomic E-state index is 0.0274. The van der Waals surface area contributed by atoms with Crippen LogP contribution in [0.1, 0.15) is 32.6 Å². The molecule has 9 heteroatoms. The van der Waals surface area contributed by atoms with Gasteiger partial charge in [0.15, 0.2) is 0 Å². The molecule has 0 fully saturated rings. The normalized spacial score (nSPS) is 15.8. The summed E-state index contributed by atoms with van der Waals surface area (Å²) in [6, 6.07) is 0. The highest BCUT2D eigenvalue weighted by Crippen LogP contribution is 2.43. The molecule has 0 aliphatic carbocycles. The van der Waals surface area contributed by atoms with Crippen molar-refractivity contribution >= 4 is 13.8 Å². The zero-order chi connectivity index (χ0) is 18.6. The SMILES string of the molecule is CCCCCC(=O)OCC(COP(=O)(O)OCC[N+](C)(C)C)OC. The van der Waals surface area contributed by atoms with Gasteiger partial charge in [-0.15, -0.1) is 0 Å². The van der Waals surface area contributed by atoms with Gasteiger partial charge in [0, 0.05) is 13.5 Å². The Hall–Kier alpha value is -0.500. The number of likely N-dealkylation sites (N-methyl/N-ethyl adjacent to an activating group) is 1. The molecule has 2 atom stereocenters. The first-order chi connectivity index (χ1) is 11.1. The van der Waals surface area contributed by atoms with E-state index in [1.165, 1.54) is 7.11 Å². The lowest BCUT2D eigenvalue weighted by atomic mass is 10.2. The Morgan fingerprint density at radius 2 is 1.83 bits per heavy atom. The predicted octanol–water partition coefficient (Wildman–Crippen LogP) is 1.96. The van der Waals surface area contributed by atoms with Crippen LogP contribution in [-0.2, 0) is 27.9 Å². The van der Waals surface area contributed by atoms with Crippen LogP contribution in [0.15, 0.2) is 0 Å². The van der Waals surface area contributed by atoms with Gasteiger partial charge in [0.1, 0.15) is 25.9 Å². The average molecular weight is 370 g/mol. The maximum Gasteiger partial charge on any atom is 0.472 e. The van der Waals surface area contributed by atoms with Crippen LogP contribution < -0.4 is 0 Å². The lowest BCUT2D eigenvalue weighted by Crippen LogP contribution is -2.37. The molecular formula is C15H33NO7P+. The number of carbonyl (C=O) groups excluding carboxylic acids is 1. The standard InChI is InChI=1S/C15H32NO7P/c1-6-7-8-9-15(17)21-12-14(20-5)13-23-24(18,19)22-11-10-16(2,3)4/h14H,6-13H2,1-5H3/p+1. The van der Waals surface area contributed by atoms with Crippen molar-refractivity contribution in [1.82, 2.24) is 0 Å². The highest BCUT2D eigenvalue weighted by atomic mass is 31.2. The van der Waals surface area contributed by atoms with Crippen molar-refractivity contribution in [2.45, 2.75) is 38.7 Å². The molecule has 0 radical (unpaired) electrons. The van der Waals surface area contributed by atoms with Crippen molar-refractivity contribution < 1.29 is 37.3 Å². The van der Waals surface area contributed by atoms with Crippen LogP contribution in [0.5, 0.6) is 0 Å². The maximum absolute atomic E-state index is 11.8. The molecule has 0 aliphatic heterocycles. The van der Waals surface area contributed by atoms with Crippen molar-refractivity contribution in [2.24, 2.45) is 0 Å². The second-order valence-corrected chi connectivity index (χ2v) is 8.06. The number of methoxy groups -OCH3 is 1. The Bertz CT molecular complexity index is 398. The summed E-state index contributed by atoms with van der Waals surface area (Å²) in [5.74, 6) is -0.308. The van der Waals surface area contributed by atoms with Crippen molar-refractivity contribution in [2.75, 3.05) is 54.6 Å². The zero-order valence-electron chi connectivity index (χ0n) is 15.5. The minimum Gasteiger partial charge on any atom is -0.463 e. The summed E-state index contributed by atoms with van der Waals surface area (Å²) in [4.78, 5) is 21.1.